The average molecular weight is 310 g/mol. The topological polar surface area (TPSA) is 59.0 Å². The Balaban J connectivity index is 1.71. The molecule has 0 N–H and O–H groups in total. The minimum absolute atomic E-state index is 0.354. The van der Waals surface area contributed by atoms with Crippen molar-refractivity contribution in [3.8, 4) is 0 Å². The van der Waals surface area contributed by atoms with Gasteiger partial charge >= 0.3 is 0 Å². The van der Waals surface area contributed by atoms with E-state index in [0.717, 1.165) is 4.90 Å². The summed E-state index contributed by atoms with van der Waals surface area (Å²) in [5.41, 5.74) is 1.42. The Bertz CT molecular complexity index is 817. The normalized spacial score (nSPS) is 22.8. The van der Waals surface area contributed by atoms with Gasteiger partial charge in [-0.25, -0.2) is 9.29 Å². The number of fused-ring (bicyclic) bond motifs is 1. The lowest BCUT2D eigenvalue weighted by atomic mass is 9.94. The summed E-state index contributed by atoms with van der Waals surface area (Å²) in [4.78, 5) is 31.5. The number of benzene rings is 2. The molecule has 4 rings (SSSR count). The van der Waals surface area contributed by atoms with Gasteiger partial charge in [-0.05, 0) is 24.3 Å². The van der Waals surface area contributed by atoms with Crippen LogP contribution in [-0.4, -0.2) is 23.6 Å². The highest BCUT2D eigenvalue weighted by Crippen LogP contribution is 2.34. The first-order valence-electron chi connectivity index (χ1n) is 7.09. The lowest BCUT2D eigenvalue weighted by Crippen LogP contribution is -2.33. The van der Waals surface area contributed by atoms with E-state index >= 15 is 0 Å². The van der Waals surface area contributed by atoms with E-state index < -0.39 is 17.9 Å². The van der Waals surface area contributed by atoms with Crippen molar-refractivity contribution in [3.63, 3.8) is 0 Å². The highest BCUT2D eigenvalue weighted by Gasteiger charge is 2.56. The van der Waals surface area contributed by atoms with Crippen molar-refractivity contribution >= 4 is 23.2 Å². The van der Waals surface area contributed by atoms with Crippen LogP contribution in [0.1, 0.15) is 5.56 Å². The van der Waals surface area contributed by atoms with E-state index in [9.17, 15) is 14.0 Å². The average Bonchev–Trinajstić information content (AvgIpc) is 3.10. The zero-order valence-corrected chi connectivity index (χ0v) is 11.8. The van der Waals surface area contributed by atoms with Gasteiger partial charge in [-0.1, -0.05) is 35.5 Å². The Kier molecular flexibility index (Phi) is 2.97. The summed E-state index contributed by atoms with van der Waals surface area (Å²) in [6.45, 7) is 0. The number of hydrogen-bond donors (Lipinski definition) is 0. The number of nitrogens with zero attached hydrogens (tertiary/aromatic N) is 2. The zero-order valence-electron chi connectivity index (χ0n) is 11.8. The Morgan fingerprint density at radius 3 is 2.35 bits per heavy atom. The fourth-order valence-electron chi connectivity index (χ4n) is 2.87. The lowest BCUT2D eigenvalue weighted by Gasteiger charge is -2.15. The van der Waals surface area contributed by atoms with Gasteiger partial charge < -0.3 is 4.84 Å². The van der Waals surface area contributed by atoms with Crippen molar-refractivity contribution in [1.29, 1.82) is 0 Å². The van der Waals surface area contributed by atoms with E-state index in [-0.39, 0.29) is 11.7 Å². The van der Waals surface area contributed by atoms with E-state index in [4.69, 9.17) is 4.84 Å². The molecule has 114 valence electrons. The molecule has 5 nitrogen and oxygen atoms in total. The van der Waals surface area contributed by atoms with E-state index in [0.29, 0.717) is 17.0 Å². The molecule has 2 atom stereocenters. The maximum atomic E-state index is 13.1. The Morgan fingerprint density at radius 2 is 1.65 bits per heavy atom. The summed E-state index contributed by atoms with van der Waals surface area (Å²) in [5.74, 6) is -2.00. The van der Waals surface area contributed by atoms with Crippen LogP contribution >= 0.6 is 0 Å². The van der Waals surface area contributed by atoms with Gasteiger partial charge in [0, 0.05) is 5.56 Å². The molecule has 0 aromatic heterocycles. The highest BCUT2D eigenvalue weighted by atomic mass is 19.1. The predicted molar refractivity (Wildman–Crippen MR) is 80.2 cm³/mol. The summed E-state index contributed by atoms with van der Waals surface area (Å²) in [6, 6.07) is 14.3. The third-order valence-corrected chi connectivity index (χ3v) is 3.97. The molecule has 0 bridgehead atoms. The number of amides is 2. The molecule has 2 aromatic carbocycles. The summed E-state index contributed by atoms with van der Waals surface area (Å²) < 4.78 is 13.1. The number of halogens is 1. The maximum absolute atomic E-state index is 13.1. The SMILES string of the molecule is O=C1C2ON=C(c3ccc(F)cc3)C2C(=O)N1c1ccccc1. The van der Waals surface area contributed by atoms with E-state index in [1.54, 1.807) is 30.3 Å². The van der Waals surface area contributed by atoms with Gasteiger partial charge in [0.2, 0.25) is 12.0 Å². The van der Waals surface area contributed by atoms with Gasteiger partial charge in [-0.3, -0.25) is 9.59 Å². The molecule has 2 aliphatic rings. The van der Waals surface area contributed by atoms with Crippen LogP contribution in [-0.2, 0) is 14.4 Å². The quantitative estimate of drug-likeness (QED) is 0.798. The second-order valence-corrected chi connectivity index (χ2v) is 5.33. The predicted octanol–water partition coefficient (Wildman–Crippen LogP) is 2.12. The van der Waals surface area contributed by atoms with E-state index in [1.165, 1.54) is 24.3 Å². The number of hydrogen-bond acceptors (Lipinski definition) is 4. The second kappa shape index (κ2) is 5.01. The minimum Gasteiger partial charge on any atom is -0.381 e. The number of oxime groups is 1. The maximum Gasteiger partial charge on any atom is 0.278 e. The van der Waals surface area contributed by atoms with Gasteiger partial charge in [0.15, 0.2) is 0 Å². The summed E-state index contributed by atoms with van der Waals surface area (Å²) in [6.07, 6.45) is -0.956. The van der Waals surface area contributed by atoms with Crippen LogP contribution in [0.15, 0.2) is 59.8 Å². The van der Waals surface area contributed by atoms with Crippen molar-refractivity contribution < 1.29 is 18.8 Å². The lowest BCUT2D eigenvalue weighted by molar-refractivity contribution is -0.126. The first-order chi connectivity index (χ1) is 11.2. The van der Waals surface area contributed by atoms with Crippen molar-refractivity contribution in [2.75, 3.05) is 4.90 Å². The van der Waals surface area contributed by atoms with Gasteiger partial charge in [-0.2, -0.15) is 0 Å². The molecule has 0 saturated carbocycles. The van der Waals surface area contributed by atoms with E-state index in [2.05, 4.69) is 5.16 Å². The summed E-state index contributed by atoms with van der Waals surface area (Å²) >= 11 is 0. The first-order valence-corrected chi connectivity index (χ1v) is 7.09. The van der Waals surface area contributed by atoms with Crippen LogP contribution in [0.5, 0.6) is 0 Å². The van der Waals surface area contributed by atoms with Gasteiger partial charge in [0.25, 0.3) is 5.91 Å². The van der Waals surface area contributed by atoms with Crippen LogP contribution in [0, 0.1) is 11.7 Å². The fraction of sp³-hybridized carbons (Fsp3) is 0.118. The molecular formula is C17H11FN2O3. The molecule has 6 heteroatoms. The van der Waals surface area contributed by atoms with Crippen LogP contribution in [0.4, 0.5) is 10.1 Å². The number of anilines is 1. The van der Waals surface area contributed by atoms with Gasteiger partial charge in [0.05, 0.1) is 5.69 Å². The second-order valence-electron chi connectivity index (χ2n) is 5.33. The Hall–Kier alpha value is -3.02. The van der Waals surface area contributed by atoms with Crippen LogP contribution < -0.4 is 4.90 Å². The minimum atomic E-state index is -0.956. The highest BCUT2D eigenvalue weighted by molar-refractivity contribution is 6.32. The molecule has 2 aromatic rings. The van der Waals surface area contributed by atoms with Crippen molar-refractivity contribution in [1.82, 2.24) is 0 Å². The first kappa shape index (κ1) is 13.6. The van der Waals surface area contributed by atoms with Crippen LogP contribution in [0.3, 0.4) is 0 Å². The summed E-state index contributed by atoms with van der Waals surface area (Å²) in [5, 5.41) is 3.87. The molecular weight excluding hydrogens is 299 g/mol. The smallest absolute Gasteiger partial charge is 0.278 e. The largest absolute Gasteiger partial charge is 0.381 e. The number of carbonyl (C=O) groups is 2. The molecule has 1 saturated heterocycles. The molecule has 2 amide bonds. The Labute approximate surface area is 131 Å². The number of rotatable bonds is 2. The molecule has 2 heterocycles. The van der Waals surface area contributed by atoms with Gasteiger partial charge in [-0.15, -0.1) is 0 Å². The zero-order chi connectivity index (χ0) is 16.0. The summed E-state index contributed by atoms with van der Waals surface area (Å²) in [7, 11) is 0. The standard InChI is InChI=1S/C17H11FN2O3/c18-11-8-6-10(7-9-11)14-13-15(23-19-14)17(22)20(16(13)21)12-4-2-1-3-5-12/h1-9,13,15H. The molecule has 0 spiro atoms. The van der Waals surface area contributed by atoms with Crippen LogP contribution in [0.25, 0.3) is 0 Å². The molecule has 0 radical (unpaired) electrons. The van der Waals surface area contributed by atoms with Crippen LogP contribution in [0.2, 0.25) is 0 Å². The van der Waals surface area contributed by atoms with Crippen molar-refractivity contribution in [2.45, 2.75) is 6.10 Å². The molecule has 23 heavy (non-hydrogen) atoms. The third-order valence-electron chi connectivity index (χ3n) is 3.97. The molecule has 2 unspecified atom stereocenters. The monoisotopic (exact) mass is 310 g/mol. The van der Waals surface area contributed by atoms with E-state index in [1.807, 2.05) is 0 Å². The molecule has 0 aliphatic carbocycles. The fourth-order valence-corrected chi connectivity index (χ4v) is 2.87. The van der Waals surface area contributed by atoms with Crippen molar-refractivity contribution in [2.24, 2.45) is 11.1 Å². The van der Waals surface area contributed by atoms with Crippen molar-refractivity contribution in [3.05, 3.63) is 66.0 Å². The Morgan fingerprint density at radius 1 is 0.957 bits per heavy atom. The molecule has 1 fully saturated rings. The number of para-hydroxylation sites is 1. The number of carbonyl (C=O) groups excluding carboxylic acids is 2. The number of imide groups is 1. The third kappa shape index (κ3) is 2.03. The molecule has 2 aliphatic heterocycles. The van der Waals surface area contributed by atoms with Gasteiger partial charge in [0.1, 0.15) is 17.4 Å².